The summed E-state index contributed by atoms with van der Waals surface area (Å²) in [5, 5.41) is 4.11. The molecule has 1 aromatic carbocycles. The maximum atomic E-state index is 13.2. The summed E-state index contributed by atoms with van der Waals surface area (Å²) in [4.78, 5) is 36.7. The summed E-state index contributed by atoms with van der Waals surface area (Å²) in [6.45, 7) is -0.149. The van der Waals surface area contributed by atoms with Crippen molar-refractivity contribution in [3.8, 4) is 17.0 Å². The molecular weight excluding hydrogens is 467 g/mol. The van der Waals surface area contributed by atoms with E-state index in [9.17, 15) is 14.0 Å². The number of nitrogens with zero attached hydrogens (tertiary/aromatic N) is 6. The average Bonchev–Trinajstić information content (AvgIpc) is 3.49. The molecule has 0 spiro atoms. The Kier molecular flexibility index (Phi) is 7.69. The number of ether oxygens (including phenoxy) is 2. The quantitative estimate of drug-likeness (QED) is 0.233. The molecule has 0 aliphatic heterocycles. The monoisotopic (exact) mass is 494 g/mol. The number of aromatic nitrogens is 5. The molecule has 1 amide bonds. The number of carbonyl (C=O) groups is 2. The maximum Gasteiger partial charge on any atom is 0.257 e. The van der Waals surface area contributed by atoms with E-state index in [0.717, 1.165) is 17.0 Å². The number of likely N-dealkylation sites (N-methyl/N-ethyl adjacent to an activating group) is 1. The summed E-state index contributed by atoms with van der Waals surface area (Å²) in [5.74, 6) is 0.516. The van der Waals surface area contributed by atoms with Gasteiger partial charge in [0.1, 0.15) is 18.1 Å². The van der Waals surface area contributed by atoms with Gasteiger partial charge in [-0.2, -0.15) is 5.10 Å². The summed E-state index contributed by atoms with van der Waals surface area (Å²) in [6.07, 6.45) is 5.00. The van der Waals surface area contributed by atoms with Gasteiger partial charge in [-0.05, 0) is 18.2 Å². The largest absolute Gasteiger partial charge is 0.497 e. The minimum atomic E-state index is -0.584. The number of hydrogen-bond donors (Lipinski definition) is 0. The van der Waals surface area contributed by atoms with E-state index in [-0.39, 0.29) is 49.1 Å². The molecule has 0 saturated carbocycles. The first-order valence-corrected chi connectivity index (χ1v) is 11.3. The molecule has 4 aromatic rings. The first-order valence-electron chi connectivity index (χ1n) is 11.3. The molecule has 4 rings (SSSR count). The van der Waals surface area contributed by atoms with Gasteiger partial charge in [0.15, 0.2) is 5.78 Å². The molecule has 10 nitrogen and oxygen atoms in total. The second kappa shape index (κ2) is 11.1. The smallest absolute Gasteiger partial charge is 0.257 e. The van der Waals surface area contributed by atoms with Gasteiger partial charge in [-0.25, -0.2) is 14.4 Å². The summed E-state index contributed by atoms with van der Waals surface area (Å²) in [7, 11) is 4.81. The van der Waals surface area contributed by atoms with Gasteiger partial charge in [-0.15, -0.1) is 0 Å². The van der Waals surface area contributed by atoms with Gasteiger partial charge in [0, 0.05) is 38.6 Å². The molecule has 0 aliphatic carbocycles. The first kappa shape index (κ1) is 25.0. The minimum absolute atomic E-state index is 0.0203. The number of ketones is 1. The van der Waals surface area contributed by atoms with Gasteiger partial charge >= 0.3 is 0 Å². The Labute approximate surface area is 207 Å². The molecule has 0 atom stereocenters. The molecule has 36 heavy (non-hydrogen) atoms. The first-order chi connectivity index (χ1) is 17.4. The normalized spacial score (nSPS) is 11.1. The zero-order valence-electron chi connectivity index (χ0n) is 20.3. The third-order valence-corrected chi connectivity index (χ3v) is 5.66. The summed E-state index contributed by atoms with van der Waals surface area (Å²) in [6, 6.07) is 9.30. The van der Waals surface area contributed by atoms with Crippen LogP contribution in [0, 0.1) is 0 Å². The number of aryl methyl sites for hydroxylation is 1. The molecule has 0 N–H and O–H groups in total. The Morgan fingerprint density at radius 1 is 1.17 bits per heavy atom. The van der Waals surface area contributed by atoms with Crippen molar-refractivity contribution in [1.29, 1.82) is 0 Å². The van der Waals surface area contributed by atoms with Crippen LogP contribution in [-0.4, -0.2) is 81.3 Å². The Balaban J connectivity index is 1.51. The number of halogens is 1. The Morgan fingerprint density at radius 3 is 2.78 bits per heavy atom. The Morgan fingerprint density at radius 2 is 2.00 bits per heavy atom. The van der Waals surface area contributed by atoms with Crippen LogP contribution in [0.15, 0.2) is 48.9 Å². The van der Waals surface area contributed by atoms with Crippen LogP contribution in [0.3, 0.4) is 0 Å². The Bertz CT molecular complexity index is 1380. The fraction of sp³-hybridized carbons (Fsp3) is 0.320. The van der Waals surface area contributed by atoms with Crippen LogP contribution in [0.4, 0.5) is 4.39 Å². The van der Waals surface area contributed by atoms with E-state index < -0.39 is 6.67 Å². The Hall–Kier alpha value is -4.12. The number of benzene rings is 1. The summed E-state index contributed by atoms with van der Waals surface area (Å²) >= 11 is 0. The number of rotatable bonds is 11. The zero-order valence-corrected chi connectivity index (χ0v) is 20.3. The molecule has 11 heteroatoms. The summed E-state index contributed by atoms with van der Waals surface area (Å²) in [5.41, 5.74) is 2.51. The van der Waals surface area contributed by atoms with Crippen LogP contribution < -0.4 is 4.74 Å². The molecule has 3 heterocycles. The van der Waals surface area contributed by atoms with E-state index in [1.807, 2.05) is 30.5 Å². The van der Waals surface area contributed by atoms with E-state index in [2.05, 4.69) is 15.1 Å². The lowest BCUT2D eigenvalue weighted by atomic mass is 10.1. The summed E-state index contributed by atoms with van der Waals surface area (Å²) < 4.78 is 25.7. The van der Waals surface area contributed by atoms with Gasteiger partial charge in [-0.1, -0.05) is 12.1 Å². The molecular formula is C25H27FN6O4. The number of imidazole rings is 1. The van der Waals surface area contributed by atoms with Crippen molar-refractivity contribution in [2.75, 3.05) is 40.6 Å². The van der Waals surface area contributed by atoms with Crippen molar-refractivity contribution in [2.45, 2.75) is 6.42 Å². The van der Waals surface area contributed by atoms with Crippen molar-refractivity contribution >= 4 is 17.5 Å². The molecule has 3 aromatic heterocycles. The van der Waals surface area contributed by atoms with Crippen LogP contribution in [0.5, 0.6) is 5.75 Å². The lowest BCUT2D eigenvalue weighted by Crippen LogP contribution is -2.31. The zero-order chi connectivity index (χ0) is 25.7. The van der Waals surface area contributed by atoms with E-state index >= 15 is 0 Å². The second-order valence-corrected chi connectivity index (χ2v) is 8.14. The van der Waals surface area contributed by atoms with E-state index in [0.29, 0.717) is 11.5 Å². The van der Waals surface area contributed by atoms with Crippen molar-refractivity contribution in [2.24, 2.45) is 7.05 Å². The standard InChI is InChI=1S/C25H27FN6O4/c1-30(10-12-36-11-8-26)24(34)20-15-27-31(2)23(20)22(33)14-18-7-9-32-16-21(29-25(32)28-18)17-5-4-6-19(13-17)35-3/h4-7,9,13,15-16H,8,10-12,14H2,1-3H3. The average molecular weight is 495 g/mol. The molecule has 0 bridgehead atoms. The lowest BCUT2D eigenvalue weighted by Gasteiger charge is -2.17. The molecule has 0 unspecified atom stereocenters. The lowest BCUT2D eigenvalue weighted by molar-refractivity contribution is 0.0673. The van der Waals surface area contributed by atoms with E-state index in [1.165, 1.54) is 15.8 Å². The number of Topliss-reactive ketones (excluding diaryl/α,β-unsaturated/α-hetero) is 1. The van der Waals surface area contributed by atoms with Gasteiger partial charge in [0.2, 0.25) is 5.78 Å². The van der Waals surface area contributed by atoms with Crippen molar-refractivity contribution in [3.63, 3.8) is 0 Å². The molecule has 0 saturated heterocycles. The number of hydrogen-bond acceptors (Lipinski definition) is 7. The second-order valence-electron chi connectivity index (χ2n) is 8.14. The molecule has 0 radical (unpaired) electrons. The van der Waals surface area contributed by atoms with Crippen molar-refractivity contribution in [1.82, 2.24) is 29.0 Å². The molecule has 188 valence electrons. The molecule has 0 aliphatic rings. The van der Waals surface area contributed by atoms with Gasteiger partial charge < -0.3 is 14.4 Å². The predicted molar refractivity (Wildman–Crippen MR) is 130 cm³/mol. The highest BCUT2D eigenvalue weighted by Crippen LogP contribution is 2.23. The maximum absolute atomic E-state index is 13.2. The predicted octanol–water partition coefficient (Wildman–Crippen LogP) is 2.62. The van der Waals surface area contributed by atoms with Crippen LogP contribution in [0.2, 0.25) is 0 Å². The van der Waals surface area contributed by atoms with Gasteiger partial charge in [0.25, 0.3) is 5.91 Å². The van der Waals surface area contributed by atoms with E-state index in [1.54, 1.807) is 37.9 Å². The number of fused-ring (bicyclic) bond motifs is 1. The number of amides is 1. The highest BCUT2D eigenvalue weighted by atomic mass is 19.1. The number of methoxy groups -OCH3 is 1. The third-order valence-electron chi connectivity index (χ3n) is 5.66. The highest BCUT2D eigenvalue weighted by Gasteiger charge is 2.25. The third kappa shape index (κ3) is 5.41. The number of carbonyl (C=O) groups excluding carboxylic acids is 2. The van der Waals surface area contributed by atoms with Crippen LogP contribution in [-0.2, 0) is 18.2 Å². The number of alkyl halides is 1. The minimum Gasteiger partial charge on any atom is -0.497 e. The van der Waals surface area contributed by atoms with Crippen molar-refractivity contribution in [3.05, 3.63) is 65.9 Å². The SMILES string of the molecule is COc1cccc(-c2cn3ccc(CC(=O)c4c(C(=O)N(C)CCOCCF)cnn4C)nc3n2)c1. The highest BCUT2D eigenvalue weighted by molar-refractivity contribution is 6.07. The fourth-order valence-electron chi connectivity index (χ4n) is 3.77. The topological polar surface area (TPSA) is 104 Å². The van der Waals surface area contributed by atoms with Crippen LogP contribution in [0.1, 0.15) is 26.5 Å². The van der Waals surface area contributed by atoms with Gasteiger partial charge in [-0.3, -0.25) is 18.7 Å². The van der Waals surface area contributed by atoms with E-state index in [4.69, 9.17) is 9.47 Å². The van der Waals surface area contributed by atoms with Gasteiger partial charge in [0.05, 0.1) is 49.9 Å². The van der Waals surface area contributed by atoms with Crippen LogP contribution in [0.25, 0.3) is 17.0 Å². The molecule has 0 fully saturated rings. The van der Waals surface area contributed by atoms with Crippen LogP contribution >= 0.6 is 0 Å². The van der Waals surface area contributed by atoms with Crippen molar-refractivity contribution < 1.29 is 23.5 Å². The fourth-order valence-corrected chi connectivity index (χ4v) is 3.77.